The Balaban J connectivity index is 1.45. The van der Waals surface area contributed by atoms with E-state index in [1.54, 1.807) is 0 Å². The van der Waals surface area contributed by atoms with Crippen LogP contribution in [0.5, 0.6) is 0 Å². The zero-order valence-electron chi connectivity index (χ0n) is 15.8. The average Bonchev–Trinajstić information content (AvgIpc) is 2.99. The van der Waals surface area contributed by atoms with Crippen LogP contribution in [-0.2, 0) is 0 Å². The number of hydrogen-bond donors (Lipinski definition) is 2. The molecular formula is C21H35N3O. The highest BCUT2D eigenvalue weighted by Gasteiger charge is 2.16. The highest BCUT2D eigenvalue weighted by molar-refractivity contribution is 5.48. The van der Waals surface area contributed by atoms with Gasteiger partial charge in [0.1, 0.15) is 0 Å². The first-order valence-corrected chi connectivity index (χ1v) is 10.2. The van der Waals surface area contributed by atoms with Crippen LogP contribution in [0.3, 0.4) is 0 Å². The first-order valence-electron chi connectivity index (χ1n) is 10.2. The van der Waals surface area contributed by atoms with Crippen LogP contribution in [0.2, 0.25) is 0 Å². The molecule has 0 saturated carbocycles. The van der Waals surface area contributed by atoms with Crippen molar-refractivity contribution in [2.45, 2.75) is 57.6 Å². The van der Waals surface area contributed by atoms with Gasteiger partial charge < -0.3 is 20.2 Å². The van der Waals surface area contributed by atoms with E-state index in [1.807, 2.05) is 0 Å². The Labute approximate surface area is 153 Å². The minimum Gasteiger partial charge on any atom is -0.390 e. The molecule has 3 rings (SSSR count). The van der Waals surface area contributed by atoms with Crippen molar-refractivity contribution >= 4 is 5.69 Å². The van der Waals surface area contributed by atoms with Crippen LogP contribution in [0.1, 0.15) is 57.1 Å². The Bertz CT molecular complexity index is 490. The van der Waals surface area contributed by atoms with Crippen molar-refractivity contribution in [2.24, 2.45) is 0 Å². The minimum atomic E-state index is -0.281. The number of aliphatic hydroxyl groups is 1. The van der Waals surface area contributed by atoms with Crippen LogP contribution in [0, 0.1) is 0 Å². The molecule has 140 valence electrons. The van der Waals surface area contributed by atoms with Gasteiger partial charge in [-0.1, -0.05) is 25.0 Å². The lowest BCUT2D eigenvalue weighted by atomic mass is 10.1. The number of rotatable bonds is 7. The normalized spacial score (nSPS) is 21.9. The van der Waals surface area contributed by atoms with Crippen LogP contribution in [0.4, 0.5) is 5.69 Å². The lowest BCUT2D eigenvalue weighted by Crippen LogP contribution is -2.37. The molecule has 2 heterocycles. The highest BCUT2D eigenvalue weighted by atomic mass is 16.3. The van der Waals surface area contributed by atoms with Crippen molar-refractivity contribution in [3.63, 3.8) is 0 Å². The molecule has 0 spiro atoms. The Kier molecular flexibility index (Phi) is 7.14. The third-order valence-electron chi connectivity index (χ3n) is 5.69. The van der Waals surface area contributed by atoms with Crippen LogP contribution < -0.4 is 10.2 Å². The molecule has 2 N–H and O–H groups in total. The summed E-state index contributed by atoms with van der Waals surface area (Å²) in [5, 5.41) is 13.7. The molecular weight excluding hydrogens is 310 g/mol. The van der Waals surface area contributed by atoms with Crippen LogP contribution in [0.25, 0.3) is 0 Å². The van der Waals surface area contributed by atoms with E-state index in [2.05, 4.69) is 46.3 Å². The van der Waals surface area contributed by atoms with E-state index in [0.29, 0.717) is 6.54 Å². The summed E-state index contributed by atoms with van der Waals surface area (Å²) in [7, 11) is 0. The second-order valence-corrected chi connectivity index (χ2v) is 7.78. The van der Waals surface area contributed by atoms with Crippen molar-refractivity contribution in [2.75, 3.05) is 44.2 Å². The van der Waals surface area contributed by atoms with E-state index in [-0.39, 0.29) is 12.1 Å². The van der Waals surface area contributed by atoms with Gasteiger partial charge >= 0.3 is 0 Å². The summed E-state index contributed by atoms with van der Waals surface area (Å²) in [6.45, 7) is 8.31. The lowest BCUT2D eigenvalue weighted by molar-refractivity contribution is 0.121. The van der Waals surface area contributed by atoms with Crippen LogP contribution >= 0.6 is 0 Å². The molecule has 0 radical (unpaired) electrons. The summed E-state index contributed by atoms with van der Waals surface area (Å²) in [6.07, 6.45) is 7.64. The van der Waals surface area contributed by atoms with E-state index in [1.165, 1.54) is 62.9 Å². The van der Waals surface area contributed by atoms with Crippen molar-refractivity contribution < 1.29 is 5.11 Å². The number of anilines is 1. The van der Waals surface area contributed by atoms with Crippen molar-refractivity contribution in [3.8, 4) is 0 Å². The molecule has 2 saturated heterocycles. The predicted molar refractivity (Wildman–Crippen MR) is 105 cm³/mol. The van der Waals surface area contributed by atoms with Crippen LogP contribution in [0.15, 0.2) is 24.3 Å². The molecule has 2 unspecified atom stereocenters. The molecule has 2 atom stereocenters. The summed E-state index contributed by atoms with van der Waals surface area (Å²) < 4.78 is 0. The van der Waals surface area contributed by atoms with Gasteiger partial charge in [0.25, 0.3) is 0 Å². The summed E-state index contributed by atoms with van der Waals surface area (Å²) in [4.78, 5) is 4.89. The van der Waals surface area contributed by atoms with E-state index in [4.69, 9.17) is 0 Å². The molecule has 4 heteroatoms. The summed E-state index contributed by atoms with van der Waals surface area (Å²) in [5.74, 6) is 0. The van der Waals surface area contributed by atoms with Gasteiger partial charge in [-0.25, -0.2) is 0 Å². The van der Waals surface area contributed by atoms with Gasteiger partial charge in [-0.2, -0.15) is 0 Å². The maximum Gasteiger partial charge on any atom is 0.0791 e. The number of aliphatic hydroxyl groups excluding tert-OH is 1. The maximum absolute atomic E-state index is 10.2. The maximum atomic E-state index is 10.2. The second-order valence-electron chi connectivity index (χ2n) is 7.78. The molecule has 0 amide bonds. The third kappa shape index (κ3) is 5.70. The molecule has 4 nitrogen and oxygen atoms in total. The topological polar surface area (TPSA) is 38.7 Å². The number of nitrogens with one attached hydrogen (secondary N) is 1. The first kappa shape index (κ1) is 18.7. The predicted octanol–water partition coefficient (Wildman–Crippen LogP) is 3.17. The molecule has 2 aliphatic heterocycles. The smallest absolute Gasteiger partial charge is 0.0791 e. The largest absolute Gasteiger partial charge is 0.390 e. The van der Waals surface area contributed by atoms with E-state index in [0.717, 1.165) is 19.6 Å². The fourth-order valence-electron chi connectivity index (χ4n) is 4.06. The molecule has 1 aromatic rings. The van der Waals surface area contributed by atoms with Crippen molar-refractivity contribution in [3.05, 3.63) is 29.8 Å². The minimum absolute atomic E-state index is 0.270. The van der Waals surface area contributed by atoms with Crippen molar-refractivity contribution in [1.82, 2.24) is 10.2 Å². The van der Waals surface area contributed by atoms with E-state index < -0.39 is 0 Å². The molecule has 0 aliphatic carbocycles. The molecule has 2 aliphatic rings. The third-order valence-corrected chi connectivity index (χ3v) is 5.69. The van der Waals surface area contributed by atoms with Crippen molar-refractivity contribution in [1.29, 1.82) is 0 Å². The molecule has 0 bridgehead atoms. The Morgan fingerprint density at radius 3 is 2.16 bits per heavy atom. The monoisotopic (exact) mass is 345 g/mol. The average molecular weight is 346 g/mol. The summed E-state index contributed by atoms with van der Waals surface area (Å²) in [5.41, 5.74) is 2.65. The molecule has 25 heavy (non-hydrogen) atoms. The van der Waals surface area contributed by atoms with E-state index >= 15 is 0 Å². The van der Waals surface area contributed by atoms with Gasteiger partial charge in [0, 0.05) is 37.9 Å². The second kappa shape index (κ2) is 9.56. The number of nitrogens with zero attached hydrogens (tertiary/aromatic N) is 2. The fraction of sp³-hybridized carbons (Fsp3) is 0.714. The first-order chi connectivity index (χ1) is 12.2. The standard InChI is InChI=1S/C21H35N3O/c1-18(22-16-21(25)17-23-12-6-7-13-23)19-8-10-20(11-9-19)24-14-4-2-3-5-15-24/h8-11,18,21-22,25H,2-7,12-17H2,1H3. The fourth-order valence-corrected chi connectivity index (χ4v) is 4.06. The van der Waals surface area contributed by atoms with Gasteiger partial charge in [0.05, 0.1) is 6.10 Å². The van der Waals surface area contributed by atoms with E-state index in [9.17, 15) is 5.11 Å². The van der Waals surface area contributed by atoms with Gasteiger partial charge in [-0.15, -0.1) is 0 Å². The lowest BCUT2D eigenvalue weighted by Gasteiger charge is -2.24. The molecule has 2 fully saturated rings. The Hall–Kier alpha value is -1.10. The molecule has 0 aromatic heterocycles. The van der Waals surface area contributed by atoms with Gasteiger partial charge in [0.2, 0.25) is 0 Å². The summed E-state index contributed by atoms with van der Waals surface area (Å²) in [6, 6.07) is 9.28. The zero-order valence-corrected chi connectivity index (χ0v) is 15.8. The van der Waals surface area contributed by atoms with Gasteiger partial charge in [-0.05, 0) is 63.4 Å². The summed E-state index contributed by atoms with van der Waals surface area (Å²) >= 11 is 0. The molecule has 1 aromatic carbocycles. The number of hydrogen-bond acceptors (Lipinski definition) is 4. The number of β-amino-alcohol motifs (C(OH)–C–C–N with tert-alkyl or cyclic N) is 1. The highest BCUT2D eigenvalue weighted by Crippen LogP contribution is 2.22. The van der Waals surface area contributed by atoms with Crippen LogP contribution in [-0.4, -0.2) is 55.4 Å². The van der Waals surface area contributed by atoms with Gasteiger partial charge in [0.15, 0.2) is 0 Å². The SMILES string of the molecule is CC(NCC(O)CN1CCCC1)c1ccc(N2CCCCCC2)cc1. The Morgan fingerprint density at radius 1 is 0.920 bits per heavy atom. The quantitative estimate of drug-likeness (QED) is 0.796. The number of likely N-dealkylation sites (tertiary alicyclic amines) is 1. The zero-order chi connectivity index (χ0) is 17.5. The Morgan fingerprint density at radius 2 is 1.52 bits per heavy atom. The number of benzene rings is 1. The van der Waals surface area contributed by atoms with Gasteiger partial charge in [-0.3, -0.25) is 0 Å².